The maximum atomic E-state index is 12.6. The standard InChI is InChI=1S/C12H15F3N6/c1-6-8(7(2)21(3)20-6)5-17-10-4-9(16)18-11(19-10)12(13,14)15/h4H,5H2,1-3H3,(H3,16,17,18,19). The molecule has 0 aliphatic heterocycles. The quantitative estimate of drug-likeness (QED) is 0.906. The highest BCUT2D eigenvalue weighted by molar-refractivity contribution is 5.45. The lowest BCUT2D eigenvalue weighted by molar-refractivity contribution is -0.144. The van der Waals surface area contributed by atoms with Crippen LogP contribution < -0.4 is 11.1 Å². The molecule has 2 aromatic heterocycles. The fourth-order valence-electron chi connectivity index (χ4n) is 1.94. The molecule has 0 radical (unpaired) electrons. The molecule has 2 aromatic rings. The Balaban J connectivity index is 2.22. The molecular weight excluding hydrogens is 285 g/mol. The van der Waals surface area contributed by atoms with Crippen LogP contribution in [0.25, 0.3) is 0 Å². The lowest BCUT2D eigenvalue weighted by atomic mass is 10.2. The maximum absolute atomic E-state index is 12.6. The summed E-state index contributed by atoms with van der Waals surface area (Å²) in [6.07, 6.45) is -4.63. The molecule has 0 aromatic carbocycles. The topological polar surface area (TPSA) is 81.7 Å². The minimum absolute atomic E-state index is 0.0254. The first-order valence-corrected chi connectivity index (χ1v) is 6.13. The van der Waals surface area contributed by atoms with E-state index in [1.54, 1.807) is 11.7 Å². The molecule has 114 valence electrons. The number of nitrogens with one attached hydrogen (secondary N) is 1. The summed E-state index contributed by atoms with van der Waals surface area (Å²) in [6, 6.07) is 1.26. The first-order chi connectivity index (χ1) is 9.68. The molecule has 0 saturated carbocycles. The molecule has 0 fully saturated rings. The second-order valence-corrected chi connectivity index (χ2v) is 4.63. The van der Waals surface area contributed by atoms with Crippen LogP contribution in [0.5, 0.6) is 0 Å². The average molecular weight is 300 g/mol. The molecule has 0 aliphatic rings. The van der Waals surface area contributed by atoms with E-state index in [2.05, 4.69) is 20.4 Å². The molecule has 0 atom stereocenters. The van der Waals surface area contributed by atoms with Crippen molar-refractivity contribution in [2.24, 2.45) is 7.05 Å². The highest BCUT2D eigenvalue weighted by Gasteiger charge is 2.35. The first kappa shape index (κ1) is 15.1. The van der Waals surface area contributed by atoms with Gasteiger partial charge in [0.05, 0.1) is 5.69 Å². The molecule has 0 saturated heterocycles. The number of halogens is 3. The molecule has 0 spiro atoms. The van der Waals surface area contributed by atoms with Crippen LogP contribution in [0.1, 0.15) is 22.8 Å². The van der Waals surface area contributed by atoms with E-state index >= 15 is 0 Å². The van der Waals surface area contributed by atoms with E-state index in [1.807, 2.05) is 13.8 Å². The third-order valence-electron chi connectivity index (χ3n) is 3.10. The number of hydrogen-bond acceptors (Lipinski definition) is 5. The van der Waals surface area contributed by atoms with E-state index in [0.29, 0.717) is 6.54 Å². The molecule has 0 aliphatic carbocycles. The number of aryl methyl sites for hydroxylation is 2. The van der Waals surface area contributed by atoms with Crippen LogP contribution in [0, 0.1) is 13.8 Å². The lowest BCUT2D eigenvalue weighted by Gasteiger charge is -2.10. The van der Waals surface area contributed by atoms with Gasteiger partial charge in [0.1, 0.15) is 11.6 Å². The highest BCUT2D eigenvalue weighted by Crippen LogP contribution is 2.27. The molecular formula is C12H15F3N6. The van der Waals surface area contributed by atoms with Crippen LogP contribution in [0.15, 0.2) is 6.07 Å². The molecule has 3 N–H and O–H groups in total. The molecule has 9 heteroatoms. The fraction of sp³-hybridized carbons (Fsp3) is 0.417. The van der Waals surface area contributed by atoms with Gasteiger partial charge in [-0.2, -0.15) is 18.3 Å². The normalized spacial score (nSPS) is 11.7. The van der Waals surface area contributed by atoms with Crippen molar-refractivity contribution in [3.8, 4) is 0 Å². The molecule has 0 unspecified atom stereocenters. The Kier molecular flexibility index (Phi) is 3.75. The van der Waals surface area contributed by atoms with Crippen molar-refractivity contribution in [2.45, 2.75) is 26.6 Å². The Morgan fingerprint density at radius 2 is 1.95 bits per heavy atom. The van der Waals surface area contributed by atoms with Crippen LogP contribution in [-0.4, -0.2) is 19.7 Å². The van der Waals surface area contributed by atoms with Crippen molar-refractivity contribution in [1.82, 2.24) is 19.7 Å². The summed E-state index contributed by atoms with van der Waals surface area (Å²) in [5, 5.41) is 7.06. The van der Waals surface area contributed by atoms with Gasteiger partial charge in [0.15, 0.2) is 0 Å². The Morgan fingerprint density at radius 3 is 2.48 bits per heavy atom. The predicted octanol–water partition coefficient (Wildman–Crippen LogP) is 2.04. The zero-order valence-electron chi connectivity index (χ0n) is 11.8. The third-order valence-corrected chi connectivity index (χ3v) is 3.10. The van der Waals surface area contributed by atoms with E-state index < -0.39 is 12.0 Å². The van der Waals surface area contributed by atoms with Gasteiger partial charge in [-0.1, -0.05) is 0 Å². The van der Waals surface area contributed by atoms with Gasteiger partial charge in [-0.05, 0) is 13.8 Å². The Hall–Kier alpha value is -2.32. The van der Waals surface area contributed by atoms with Crippen LogP contribution in [0.3, 0.4) is 0 Å². The first-order valence-electron chi connectivity index (χ1n) is 6.13. The zero-order valence-corrected chi connectivity index (χ0v) is 11.8. The van der Waals surface area contributed by atoms with Crippen LogP contribution >= 0.6 is 0 Å². The van der Waals surface area contributed by atoms with Gasteiger partial charge in [0, 0.05) is 30.9 Å². The predicted molar refractivity (Wildman–Crippen MR) is 71.5 cm³/mol. The minimum Gasteiger partial charge on any atom is -0.384 e. The summed E-state index contributed by atoms with van der Waals surface area (Å²) < 4.78 is 39.6. The van der Waals surface area contributed by atoms with Crippen molar-refractivity contribution in [2.75, 3.05) is 11.1 Å². The monoisotopic (exact) mass is 300 g/mol. The summed E-state index contributed by atoms with van der Waals surface area (Å²) in [5.41, 5.74) is 8.02. The summed E-state index contributed by atoms with van der Waals surface area (Å²) in [5.74, 6) is -1.47. The van der Waals surface area contributed by atoms with Gasteiger partial charge in [0.2, 0.25) is 5.82 Å². The Morgan fingerprint density at radius 1 is 1.29 bits per heavy atom. The van der Waals surface area contributed by atoms with Crippen LogP contribution in [0.4, 0.5) is 24.8 Å². The van der Waals surface area contributed by atoms with Gasteiger partial charge < -0.3 is 11.1 Å². The molecule has 0 bridgehead atoms. The molecule has 21 heavy (non-hydrogen) atoms. The van der Waals surface area contributed by atoms with E-state index in [9.17, 15) is 13.2 Å². The second-order valence-electron chi connectivity index (χ2n) is 4.63. The van der Waals surface area contributed by atoms with Gasteiger partial charge in [-0.15, -0.1) is 0 Å². The molecule has 2 heterocycles. The van der Waals surface area contributed by atoms with Crippen molar-refractivity contribution >= 4 is 11.6 Å². The smallest absolute Gasteiger partial charge is 0.384 e. The third kappa shape index (κ3) is 3.23. The van der Waals surface area contributed by atoms with Crippen LogP contribution in [-0.2, 0) is 19.8 Å². The Labute approximate surface area is 119 Å². The second kappa shape index (κ2) is 5.23. The van der Waals surface area contributed by atoms with E-state index in [-0.39, 0.29) is 11.6 Å². The average Bonchev–Trinajstić information content (AvgIpc) is 2.59. The zero-order chi connectivity index (χ0) is 15.8. The van der Waals surface area contributed by atoms with E-state index in [4.69, 9.17) is 5.73 Å². The number of nitrogens with zero attached hydrogens (tertiary/aromatic N) is 4. The maximum Gasteiger partial charge on any atom is 0.451 e. The minimum atomic E-state index is -4.63. The molecule has 2 rings (SSSR count). The van der Waals surface area contributed by atoms with Crippen molar-refractivity contribution < 1.29 is 13.2 Å². The number of anilines is 2. The molecule has 0 amide bonds. The number of nitrogen functional groups attached to an aromatic ring is 1. The van der Waals surface area contributed by atoms with Crippen molar-refractivity contribution in [3.63, 3.8) is 0 Å². The van der Waals surface area contributed by atoms with E-state index in [0.717, 1.165) is 17.0 Å². The van der Waals surface area contributed by atoms with Gasteiger partial charge in [-0.25, -0.2) is 9.97 Å². The number of rotatable bonds is 3. The van der Waals surface area contributed by atoms with Gasteiger partial charge >= 0.3 is 6.18 Å². The molecule has 6 nitrogen and oxygen atoms in total. The van der Waals surface area contributed by atoms with Crippen LogP contribution in [0.2, 0.25) is 0 Å². The van der Waals surface area contributed by atoms with Crippen molar-refractivity contribution in [3.05, 3.63) is 28.8 Å². The van der Waals surface area contributed by atoms with Gasteiger partial charge in [-0.3, -0.25) is 4.68 Å². The summed E-state index contributed by atoms with van der Waals surface area (Å²) >= 11 is 0. The number of nitrogens with two attached hydrogens (primary N) is 1. The lowest BCUT2D eigenvalue weighted by Crippen LogP contribution is -2.14. The summed E-state index contributed by atoms with van der Waals surface area (Å²) in [7, 11) is 1.80. The largest absolute Gasteiger partial charge is 0.451 e. The number of aromatic nitrogens is 4. The Bertz CT molecular complexity index is 662. The van der Waals surface area contributed by atoms with E-state index in [1.165, 1.54) is 6.07 Å². The number of alkyl halides is 3. The fourth-order valence-corrected chi connectivity index (χ4v) is 1.94. The van der Waals surface area contributed by atoms with Crippen molar-refractivity contribution in [1.29, 1.82) is 0 Å². The summed E-state index contributed by atoms with van der Waals surface area (Å²) in [6.45, 7) is 4.02. The number of hydrogen-bond donors (Lipinski definition) is 2. The highest BCUT2D eigenvalue weighted by atomic mass is 19.4. The summed E-state index contributed by atoms with van der Waals surface area (Å²) in [4.78, 5) is 6.62. The SMILES string of the molecule is Cc1nn(C)c(C)c1CNc1cc(N)nc(C(F)(F)F)n1. The van der Waals surface area contributed by atoms with Gasteiger partial charge in [0.25, 0.3) is 0 Å².